The average Bonchev–Trinajstić information content (AvgIpc) is 2.30. The zero-order valence-corrected chi connectivity index (χ0v) is 8.02. The first-order chi connectivity index (χ1) is 7.33. The number of hydrogen-bond acceptors (Lipinski definition) is 2. The molecule has 76 valence electrons. The Morgan fingerprint density at radius 2 is 1.87 bits per heavy atom. The normalized spacial score (nSPS) is 10.3. The van der Waals surface area contributed by atoms with Gasteiger partial charge in [-0.15, -0.1) is 0 Å². The molecule has 0 saturated carbocycles. The summed E-state index contributed by atoms with van der Waals surface area (Å²) < 4.78 is 13.8. The Kier molecular flexibility index (Phi) is 2.74. The highest BCUT2D eigenvalue weighted by Crippen LogP contribution is 2.24. The second-order valence-corrected chi connectivity index (χ2v) is 3.17. The molecular weight excluding hydrogens is 193 g/mol. The Morgan fingerprint density at radius 3 is 2.53 bits per heavy atom. The summed E-state index contributed by atoms with van der Waals surface area (Å²) >= 11 is 0. The number of nitrogens with zero attached hydrogens (tertiary/aromatic N) is 1. The van der Waals surface area contributed by atoms with E-state index < -0.39 is 0 Å². The van der Waals surface area contributed by atoms with Crippen molar-refractivity contribution in [1.29, 1.82) is 0 Å². The van der Waals surface area contributed by atoms with Gasteiger partial charge in [-0.05, 0) is 17.7 Å². The van der Waals surface area contributed by atoms with E-state index in [1.807, 2.05) is 0 Å². The molecule has 0 spiro atoms. The maximum absolute atomic E-state index is 13.8. The number of aliphatic hydroxyl groups excluding tert-OH is 1. The highest BCUT2D eigenvalue weighted by atomic mass is 19.1. The fraction of sp³-hybridized carbons (Fsp3) is 0.0833. The first-order valence-electron chi connectivity index (χ1n) is 4.61. The summed E-state index contributed by atoms with van der Waals surface area (Å²) in [4.78, 5) is 3.87. The molecule has 0 aliphatic heterocycles. The van der Waals surface area contributed by atoms with Crippen molar-refractivity contribution in [2.24, 2.45) is 0 Å². The summed E-state index contributed by atoms with van der Waals surface area (Å²) in [6.45, 7) is -0.287. The minimum Gasteiger partial charge on any atom is -0.392 e. The fourth-order valence-corrected chi connectivity index (χ4v) is 1.46. The minimum absolute atomic E-state index is 0.287. The summed E-state index contributed by atoms with van der Waals surface area (Å²) in [7, 11) is 0. The third-order valence-corrected chi connectivity index (χ3v) is 2.24. The lowest BCUT2D eigenvalue weighted by atomic mass is 10.0. The second kappa shape index (κ2) is 4.19. The number of pyridine rings is 1. The molecule has 0 aliphatic carbocycles. The van der Waals surface area contributed by atoms with Gasteiger partial charge >= 0.3 is 0 Å². The van der Waals surface area contributed by atoms with Gasteiger partial charge in [-0.25, -0.2) is 4.39 Å². The van der Waals surface area contributed by atoms with Crippen LogP contribution in [0.25, 0.3) is 11.1 Å². The largest absolute Gasteiger partial charge is 0.392 e. The smallest absolute Gasteiger partial charge is 0.136 e. The molecule has 2 nitrogen and oxygen atoms in total. The summed E-state index contributed by atoms with van der Waals surface area (Å²) in [5.41, 5.74) is 1.56. The maximum Gasteiger partial charge on any atom is 0.136 e. The van der Waals surface area contributed by atoms with Crippen molar-refractivity contribution in [3.8, 4) is 11.1 Å². The van der Waals surface area contributed by atoms with Gasteiger partial charge in [-0.2, -0.15) is 0 Å². The Bertz CT molecular complexity index is 456. The van der Waals surface area contributed by atoms with Crippen molar-refractivity contribution in [2.45, 2.75) is 6.61 Å². The molecular formula is C12H10FNO. The number of halogens is 1. The predicted octanol–water partition coefficient (Wildman–Crippen LogP) is 2.38. The Labute approximate surface area is 87.0 Å². The molecule has 0 atom stereocenters. The lowest BCUT2D eigenvalue weighted by molar-refractivity contribution is 0.276. The van der Waals surface area contributed by atoms with Crippen molar-refractivity contribution in [2.75, 3.05) is 0 Å². The molecule has 0 bridgehead atoms. The van der Waals surface area contributed by atoms with Crippen LogP contribution in [0, 0.1) is 5.82 Å². The van der Waals surface area contributed by atoms with Gasteiger partial charge in [0.05, 0.1) is 6.61 Å². The molecule has 1 aromatic heterocycles. The van der Waals surface area contributed by atoms with Gasteiger partial charge in [-0.3, -0.25) is 4.98 Å². The van der Waals surface area contributed by atoms with Gasteiger partial charge in [0, 0.05) is 23.5 Å². The van der Waals surface area contributed by atoms with Crippen LogP contribution in [0.15, 0.2) is 42.7 Å². The van der Waals surface area contributed by atoms with E-state index in [9.17, 15) is 4.39 Å². The van der Waals surface area contributed by atoms with Crippen LogP contribution in [0.1, 0.15) is 5.56 Å². The highest BCUT2D eigenvalue weighted by molar-refractivity contribution is 5.64. The fourth-order valence-electron chi connectivity index (χ4n) is 1.46. The van der Waals surface area contributed by atoms with Crippen molar-refractivity contribution in [3.05, 3.63) is 54.1 Å². The third kappa shape index (κ3) is 1.87. The predicted molar refractivity (Wildman–Crippen MR) is 55.6 cm³/mol. The highest BCUT2D eigenvalue weighted by Gasteiger charge is 2.08. The quantitative estimate of drug-likeness (QED) is 0.812. The molecule has 3 heteroatoms. The maximum atomic E-state index is 13.8. The second-order valence-electron chi connectivity index (χ2n) is 3.17. The number of aliphatic hydroxyl groups is 1. The lowest BCUT2D eigenvalue weighted by Gasteiger charge is -2.05. The van der Waals surface area contributed by atoms with E-state index >= 15 is 0 Å². The van der Waals surface area contributed by atoms with E-state index in [0.29, 0.717) is 11.1 Å². The van der Waals surface area contributed by atoms with Crippen molar-refractivity contribution >= 4 is 0 Å². The van der Waals surface area contributed by atoms with E-state index in [-0.39, 0.29) is 12.4 Å². The van der Waals surface area contributed by atoms with Gasteiger partial charge in [0.1, 0.15) is 5.82 Å². The molecule has 1 aromatic carbocycles. The van der Waals surface area contributed by atoms with Gasteiger partial charge in [-0.1, -0.05) is 18.2 Å². The van der Waals surface area contributed by atoms with Crippen LogP contribution >= 0.6 is 0 Å². The lowest BCUT2D eigenvalue weighted by Crippen LogP contribution is -1.92. The van der Waals surface area contributed by atoms with Crippen LogP contribution in [0.3, 0.4) is 0 Å². The van der Waals surface area contributed by atoms with Gasteiger partial charge in [0.25, 0.3) is 0 Å². The van der Waals surface area contributed by atoms with Crippen LogP contribution in [-0.4, -0.2) is 10.1 Å². The number of rotatable bonds is 2. The van der Waals surface area contributed by atoms with Crippen LogP contribution in [0.5, 0.6) is 0 Å². The minimum atomic E-state index is -0.369. The van der Waals surface area contributed by atoms with E-state index in [1.165, 1.54) is 0 Å². The van der Waals surface area contributed by atoms with Gasteiger partial charge in [0.15, 0.2) is 0 Å². The van der Waals surface area contributed by atoms with Crippen LogP contribution in [0.2, 0.25) is 0 Å². The molecule has 0 saturated heterocycles. The molecule has 1 N–H and O–H groups in total. The molecule has 0 amide bonds. The van der Waals surface area contributed by atoms with Crippen LogP contribution < -0.4 is 0 Å². The summed E-state index contributed by atoms with van der Waals surface area (Å²) in [6, 6.07) is 8.45. The van der Waals surface area contributed by atoms with E-state index in [2.05, 4.69) is 4.98 Å². The van der Waals surface area contributed by atoms with Gasteiger partial charge in [0.2, 0.25) is 0 Å². The third-order valence-electron chi connectivity index (χ3n) is 2.24. The zero-order valence-electron chi connectivity index (χ0n) is 8.02. The summed E-state index contributed by atoms with van der Waals surface area (Å²) in [5.74, 6) is -0.369. The van der Waals surface area contributed by atoms with Crippen molar-refractivity contribution in [3.63, 3.8) is 0 Å². The SMILES string of the molecule is OCc1cccc(-c2ccncc2)c1F. The first kappa shape index (κ1) is 9.80. The summed E-state index contributed by atoms with van der Waals surface area (Å²) in [6.07, 6.45) is 3.22. The van der Waals surface area contributed by atoms with Crippen LogP contribution in [0.4, 0.5) is 4.39 Å². The average molecular weight is 203 g/mol. The molecule has 0 fully saturated rings. The Morgan fingerprint density at radius 1 is 1.13 bits per heavy atom. The molecule has 2 aromatic rings. The first-order valence-corrected chi connectivity index (χ1v) is 4.61. The number of aromatic nitrogens is 1. The van der Waals surface area contributed by atoms with Crippen molar-refractivity contribution in [1.82, 2.24) is 4.98 Å². The summed E-state index contributed by atoms with van der Waals surface area (Å²) in [5, 5.41) is 8.94. The van der Waals surface area contributed by atoms with Gasteiger partial charge < -0.3 is 5.11 Å². The van der Waals surface area contributed by atoms with E-state index in [0.717, 1.165) is 5.56 Å². The molecule has 0 unspecified atom stereocenters. The Balaban J connectivity index is 2.54. The van der Waals surface area contributed by atoms with Crippen molar-refractivity contribution < 1.29 is 9.50 Å². The van der Waals surface area contributed by atoms with E-state index in [4.69, 9.17) is 5.11 Å². The monoisotopic (exact) mass is 203 g/mol. The number of benzene rings is 1. The zero-order chi connectivity index (χ0) is 10.7. The van der Waals surface area contributed by atoms with E-state index in [1.54, 1.807) is 42.7 Å². The van der Waals surface area contributed by atoms with Crippen LogP contribution in [-0.2, 0) is 6.61 Å². The Hall–Kier alpha value is -1.74. The molecule has 1 heterocycles. The molecule has 0 aliphatic rings. The molecule has 15 heavy (non-hydrogen) atoms. The molecule has 0 radical (unpaired) electrons. The standard InChI is InChI=1S/C12H10FNO/c13-12-10(8-15)2-1-3-11(12)9-4-6-14-7-5-9/h1-7,15H,8H2. The topological polar surface area (TPSA) is 33.1 Å². The molecule has 2 rings (SSSR count). The number of hydrogen-bond donors (Lipinski definition) is 1.